The van der Waals surface area contributed by atoms with Crippen LogP contribution in [0.15, 0.2) is 36.5 Å². The van der Waals surface area contributed by atoms with Crippen molar-refractivity contribution in [2.75, 3.05) is 0 Å². The van der Waals surface area contributed by atoms with Crippen LogP contribution in [0.1, 0.15) is 43.7 Å². The normalized spacial score (nSPS) is 26.4. The van der Waals surface area contributed by atoms with Gasteiger partial charge in [0, 0.05) is 23.4 Å². The van der Waals surface area contributed by atoms with E-state index in [1.54, 1.807) is 0 Å². The molecule has 0 unspecified atom stereocenters. The number of nitrogens with zero attached hydrogens (tertiary/aromatic N) is 1. The molecule has 0 radical (unpaired) electrons. The fourth-order valence-electron chi connectivity index (χ4n) is 4.09. The Balaban J connectivity index is 1.92. The summed E-state index contributed by atoms with van der Waals surface area (Å²) >= 11 is 0. The molecule has 0 N–H and O–H groups in total. The molecule has 0 aromatic heterocycles. The van der Waals surface area contributed by atoms with Gasteiger partial charge in [-0.3, -0.25) is 4.79 Å². The zero-order valence-corrected chi connectivity index (χ0v) is 11.8. The highest BCUT2D eigenvalue weighted by Gasteiger charge is 2.50. The fourth-order valence-corrected chi connectivity index (χ4v) is 4.09. The van der Waals surface area contributed by atoms with Crippen molar-refractivity contribution in [2.45, 2.75) is 38.1 Å². The van der Waals surface area contributed by atoms with Crippen molar-refractivity contribution in [3.05, 3.63) is 47.7 Å². The van der Waals surface area contributed by atoms with Crippen molar-refractivity contribution in [1.82, 2.24) is 4.90 Å². The van der Waals surface area contributed by atoms with Crippen LogP contribution in [0.2, 0.25) is 0 Å². The summed E-state index contributed by atoms with van der Waals surface area (Å²) in [7, 11) is 0. The summed E-state index contributed by atoms with van der Waals surface area (Å²) < 4.78 is 0. The molecular weight excluding hydrogens is 246 g/mol. The third-order valence-electron chi connectivity index (χ3n) is 5.07. The zero-order chi connectivity index (χ0) is 13.7. The number of carbonyl (C=O) groups excluding carboxylic acids is 1. The highest BCUT2D eigenvalue weighted by atomic mass is 16.1. The first kappa shape index (κ1) is 12.0. The van der Waals surface area contributed by atoms with Crippen LogP contribution in [0.3, 0.4) is 0 Å². The average molecular weight is 265 g/mol. The zero-order valence-electron chi connectivity index (χ0n) is 11.8. The van der Waals surface area contributed by atoms with E-state index in [9.17, 15) is 4.79 Å². The van der Waals surface area contributed by atoms with Crippen molar-refractivity contribution in [2.24, 2.45) is 5.92 Å². The summed E-state index contributed by atoms with van der Waals surface area (Å²) in [5.74, 6) is 0.432. The third kappa shape index (κ3) is 1.42. The molecule has 0 bridgehead atoms. The summed E-state index contributed by atoms with van der Waals surface area (Å²) in [6, 6.07) is 8.47. The predicted molar refractivity (Wildman–Crippen MR) is 80.7 cm³/mol. The lowest BCUT2D eigenvalue weighted by atomic mass is 9.77. The van der Waals surface area contributed by atoms with Gasteiger partial charge in [0.2, 0.25) is 0 Å². The molecule has 2 heterocycles. The number of fused-ring (bicyclic) bond motifs is 4. The lowest BCUT2D eigenvalue weighted by molar-refractivity contribution is -0.131. The van der Waals surface area contributed by atoms with Gasteiger partial charge in [0.15, 0.2) is 5.78 Å². The Morgan fingerprint density at radius 1 is 1.20 bits per heavy atom. The maximum Gasteiger partial charge on any atom is 0.165 e. The van der Waals surface area contributed by atoms with Crippen LogP contribution in [0, 0.1) is 5.92 Å². The molecule has 0 amide bonds. The van der Waals surface area contributed by atoms with Crippen LogP contribution in [0.5, 0.6) is 0 Å². The quantitative estimate of drug-likeness (QED) is 0.710. The monoisotopic (exact) mass is 265 g/mol. The Bertz CT molecular complexity index is 635. The van der Waals surface area contributed by atoms with E-state index in [0.29, 0.717) is 5.78 Å². The summed E-state index contributed by atoms with van der Waals surface area (Å²) in [6.45, 7) is 2.05. The second-order valence-corrected chi connectivity index (χ2v) is 6.22. The Labute approximate surface area is 119 Å². The molecule has 1 atom stereocenters. The number of hydrogen-bond acceptors (Lipinski definition) is 2. The van der Waals surface area contributed by atoms with Gasteiger partial charge in [-0.25, -0.2) is 0 Å². The maximum absolute atomic E-state index is 12.8. The number of benzene rings is 1. The van der Waals surface area contributed by atoms with Crippen molar-refractivity contribution in [1.29, 1.82) is 0 Å². The molecule has 102 valence electrons. The molecule has 2 nitrogen and oxygen atoms in total. The number of ketones is 1. The fraction of sp³-hybridized carbons (Fsp3) is 0.389. The first-order valence-electron chi connectivity index (χ1n) is 7.55. The minimum absolute atomic E-state index is 0.0268. The van der Waals surface area contributed by atoms with Crippen molar-refractivity contribution >= 4 is 17.6 Å². The first-order valence-corrected chi connectivity index (χ1v) is 7.55. The SMILES string of the molecule is C[C@@H]1C=C2c3ccccc3C=CN2C2(CCCC2)C1=O. The highest BCUT2D eigenvalue weighted by Crippen LogP contribution is 2.47. The molecule has 2 heteroatoms. The summed E-state index contributed by atoms with van der Waals surface area (Å²) in [6.07, 6.45) is 10.8. The molecule has 2 aliphatic heterocycles. The minimum Gasteiger partial charge on any atom is -0.334 e. The molecule has 1 saturated carbocycles. The predicted octanol–water partition coefficient (Wildman–Crippen LogP) is 3.85. The Morgan fingerprint density at radius 2 is 1.95 bits per heavy atom. The van der Waals surface area contributed by atoms with Crippen molar-refractivity contribution in [3.8, 4) is 0 Å². The van der Waals surface area contributed by atoms with E-state index >= 15 is 0 Å². The Morgan fingerprint density at radius 3 is 2.75 bits per heavy atom. The van der Waals surface area contributed by atoms with E-state index in [4.69, 9.17) is 0 Å². The molecule has 1 aromatic carbocycles. The largest absolute Gasteiger partial charge is 0.334 e. The van der Waals surface area contributed by atoms with Crippen LogP contribution in [0.25, 0.3) is 11.8 Å². The number of Topliss-reactive ketones (excluding diaryl/α,β-unsaturated/α-hetero) is 1. The molecule has 1 spiro atoms. The Kier molecular flexibility index (Phi) is 2.44. The van der Waals surface area contributed by atoms with Crippen LogP contribution in [0.4, 0.5) is 0 Å². The van der Waals surface area contributed by atoms with E-state index in [0.717, 1.165) is 25.7 Å². The number of carbonyl (C=O) groups is 1. The van der Waals surface area contributed by atoms with Crippen LogP contribution >= 0.6 is 0 Å². The standard InChI is InChI=1S/C18H19NO/c1-13-12-16-15-7-3-2-6-14(15)8-11-19(16)18(17(13)20)9-4-5-10-18/h2-3,6-8,11-13H,4-5,9-10H2,1H3/t13-/m1/s1. The summed E-state index contributed by atoms with van der Waals surface area (Å²) in [5, 5.41) is 0. The molecule has 1 fully saturated rings. The lowest BCUT2D eigenvalue weighted by Gasteiger charge is -2.47. The smallest absolute Gasteiger partial charge is 0.165 e. The van der Waals surface area contributed by atoms with E-state index in [-0.39, 0.29) is 11.5 Å². The second kappa shape index (κ2) is 4.08. The van der Waals surface area contributed by atoms with E-state index < -0.39 is 0 Å². The number of rotatable bonds is 0. The van der Waals surface area contributed by atoms with Gasteiger partial charge in [-0.2, -0.15) is 0 Å². The van der Waals surface area contributed by atoms with E-state index in [1.807, 2.05) is 6.92 Å². The van der Waals surface area contributed by atoms with Gasteiger partial charge in [-0.15, -0.1) is 0 Å². The van der Waals surface area contributed by atoms with Gasteiger partial charge in [-0.1, -0.05) is 44.0 Å². The third-order valence-corrected chi connectivity index (χ3v) is 5.07. The van der Waals surface area contributed by atoms with Gasteiger partial charge >= 0.3 is 0 Å². The highest BCUT2D eigenvalue weighted by molar-refractivity contribution is 5.98. The second-order valence-electron chi connectivity index (χ2n) is 6.22. The molecule has 1 aliphatic carbocycles. The van der Waals surface area contributed by atoms with E-state index in [2.05, 4.69) is 47.5 Å². The number of hydrogen-bond donors (Lipinski definition) is 0. The van der Waals surface area contributed by atoms with Crippen LogP contribution in [-0.2, 0) is 4.79 Å². The van der Waals surface area contributed by atoms with Crippen LogP contribution < -0.4 is 0 Å². The molecule has 4 rings (SSSR count). The maximum atomic E-state index is 12.8. The summed E-state index contributed by atoms with van der Waals surface area (Å²) in [4.78, 5) is 15.1. The molecule has 3 aliphatic rings. The van der Waals surface area contributed by atoms with Gasteiger partial charge in [0.25, 0.3) is 0 Å². The molecule has 20 heavy (non-hydrogen) atoms. The molecule has 1 aromatic rings. The minimum atomic E-state index is -0.270. The Hall–Kier alpha value is -1.83. The van der Waals surface area contributed by atoms with Crippen LogP contribution in [-0.4, -0.2) is 16.2 Å². The van der Waals surface area contributed by atoms with Crippen molar-refractivity contribution in [3.63, 3.8) is 0 Å². The van der Waals surface area contributed by atoms with Crippen molar-refractivity contribution < 1.29 is 4.79 Å². The topological polar surface area (TPSA) is 20.3 Å². The summed E-state index contributed by atoms with van der Waals surface area (Å²) in [5.41, 5.74) is 3.48. The average Bonchev–Trinajstić information content (AvgIpc) is 2.96. The van der Waals surface area contributed by atoms with Gasteiger partial charge in [0.1, 0.15) is 5.54 Å². The number of allylic oxidation sites excluding steroid dienone is 1. The first-order chi connectivity index (χ1) is 9.72. The lowest BCUT2D eigenvalue weighted by Crippen LogP contribution is -2.54. The van der Waals surface area contributed by atoms with Gasteiger partial charge < -0.3 is 4.90 Å². The van der Waals surface area contributed by atoms with Gasteiger partial charge in [0.05, 0.1) is 0 Å². The van der Waals surface area contributed by atoms with E-state index in [1.165, 1.54) is 16.8 Å². The van der Waals surface area contributed by atoms with Gasteiger partial charge in [-0.05, 0) is 30.6 Å². The molecule has 0 saturated heterocycles. The molecular formula is C18H19NO.